The number of rotatable bonds is 7. The third-order valence-corrected chi connectivity index (χ3v) is 1.44. The monoisotopic (exact) mass is 174 g/mol. The molecule has 4 nitrogen and oxygen atoms in total. The summed E-state index contributed by atoms with van der Waals surface area (Å²) in [5.41, 5.74) is 4.97. The fraction of sp³-hybridized carbons (Fsp3) is 0.875. The SMILES string of the molecule is CCOCC(C)NCCC(N)=O. The van der Waals surface area contributed by atoms with Gasteiger partial charge in [0.1, 0.15) is 0 Å². The van der Waals surface area contributed by atoms with E-state index in [1.54, 1.807) is 0 Å². The Morgan fingerprint density at radius 2 is 2.33 bits per heavy atom. The zero-order chi connectivity index (χ0) is 9.40. The van der Waals surface area contributed by atoms with Gasteiger partial charge >= 0.3 is 0 Å². The molecule has 1 unspecified atom stereocenters. The van der Waals surface area contributed by atoms with Crippen LogP contribution in [0.1, 0.15) is 20.3 Å². The minimum absolute atomic E-state index is 0.272. The number of hydrogen-bond donors (Lipinski definition) is 2. The van der Waals surface area contributed by atoms with Crippen molar-refractivity contribution in [1.29, 1.82) is 0 Å². The molecule has 3 N–H and O–H groups in total. The lowest BCUT2D eigenvalue weighted by Crippen LogP contribution is -2.33. The van der Waals surface area contributed by atoms with Crippen LogP contribution in [-0.4, -0.2) is 31.7 Å². The molecule has 0 aromatic rings. The van der Waals surface area contributed by atoms with E-state index in [2.05, 4.69) is 5.32 Å². The molecule has 0 aromatic heterocycles. The molecule has 1 amide bonds. The minimum atomic E-state index is -0.272. The average molecular weight is 174 g/mol. The van der Waals surface area contributed by atoms with Crippen molar-refractivity contribution < 1.29 is 9.53 Å². The van der Waals surface area contributed by atoms with Gasteiger partial charge < -0.3 is 15.8 Å². The molecule has 0 saturated carbocycles. The zero-order valence-electron chi connectivity index (χ0n) is 7.80. The number of ether oxygens (including phenoxy) is 1. The number of primary amides is 1. The highest BCUT2D eigenvalue weighted by Gasteiger charge is 2.00. The average Bonchev–Trinajstić information content (AvgIpc) is 2.00. The first-order valence-corrected chi connectivity index (χ1v) is 4.26. The van der Waals surface area contributed by atoms with Gasteiger partial charge in [0.25, 0.3) is 0 Å². The molecule has 0 bridgehead atoms. The highest BCUT2D eigenvalue weighted by Crippen LogP contribution is 1.84. The van der Waals surface area contributed by atoms with Crippen molar-refractivity contribution >= 4 is 5.91 Å². The second kappa shape index (κ2) is 7.06. The van der Waals surface area contributed by atoms with Gasteiger partial charge in [-0.2, -0.15) is 0 Å². The molecule has 72 valence electrons. The van der Waals surface area contributed by atoms with Crippen LogP contribution in [0.15, 0.2) is 0 Å². The van der Waals surface area contributed by atoms with E-state index in [9.17, 15) is 4.79 Å². The van der Waals surface area contributed by atoms with Gasteiger partial charge in [0.15, 0.2) is 0 Å². The molecule has 0 aromatic carbocycles. The summed E-state index contributed by atoms with van der Waals surface area (Å²) in [7, 11) is 0. The first kappa shape index (κ1) is 11.4. The van der Waals surface area contributed by atoms with E-state index >= 15 is 0 Å². The Morgan fingerprint density at radius 1 is 1.67 bits per heavy atom. The van der Waals surface area contributed by atoms with E-state index in [4.69, 9.17) is 10.5 Å². The quantitative estimate of drug-likeness (QED) is 0.565. The van der Waals surface area contributed by atoms with Crippen molar-refractivity contribution in [3.8, 4) is 0 Å². The highest BCUT2D eigenvalue weighted by atomic mass is 16.5. The van der Waals surface area contributed by atoms with E-state index in [0.717, 1.165) is 6.61 Å². The van der Waals surface area contributed by atoms with Gasteiger partial charge in [0, 0.05) is 25.6 Å². The molecule has 0 radical (unpaired) electrons. The summed E-state index contributed by atoms with van der Waals surface area (Å²) < 4.78 is 5.17. The Kier molecular flexibility index (Phi) is 6.70. The van der Waals surface area contributed by atoms with Crippen molar-refractivity contribution in [2.75, 3.05) is 19.8 Å². The van der Waals surface area contributed by atoms with Crippen LogP contribution in [-0.2, 0) is 9.53 Å². The van der Waals surface area contributed by atoms with Crippen LogP contribution >= 0.6 is 0 Å². The second-order valence-corrected chi connectivity index (χ2v) is 2.73. The van der Waals surface area contributed by atoms with Gasteiger partial charge in [0.05, 0.1) is 6.61 Å². The predicted molar refractivity (Wildman–Crippen MR) is 47.8 cm³/mol. The highest BCUT2D eigenvalue weighted by molar-refractivity contribution is 5.73. The molecule has 12 heavy (non-hydrogen) atoms. The van der Waals surface area contributed by atoms with Crippen LogP contribution in [0.3, 0.4) is 0 Å². The number of amides is 1. The van der Waals surface area contributed by atoms with E-state index < -0.39 is 0 Å². The maximum atomic E-state index is 10.3. The number of nitrogens with two attached hydrogens (primary N) is 1. The number of nitrogens with one attached hydrogen (secondary N) is 1. The summed E-state index contributed by atoms with van der Waals surface area (Å²) in [6.45, 7) is 5.99. The first-order chi connectivity index (χ1) is 5.66. The normalized spacial score (nSPS) is 12.8. The van der Waals surface area contributed by atoms with Gasteiger partial charge in [-0.05, 0) is 13.8 Å². The minimum Gasteiger partial charge on any atom is -0.380 e. The molecule has 0 fully saturated rings. The number of hydrogen-bond acceptors (Lipinski definition) is 3. The largest absolute Gasteiger partial charge is 0.380 e. The molecule has 0 aliphatic rings. The summed E-state index contributed by atoms with van der Waals surface area (Å²) in [6, 6.07) is 0.282. The topological polar surface area (TPSA) is 64.3 Å². The van der Waals surface area contributed by atoms with Crippen molar-refractivity contribution in [3.63, 3.8) is 0 Å². The van der Waals surface area contributed by atoms with Crippen LogP contribution in [0.25, 0.3) is 0 Å². The molecule has 0 aliphatic carbocycles. The van der Waals surface area contributed by atoms with Crippen LogP contribution in [0.5, 0.6) is 0 Å². The van der Waals surface area contributed by atoms with E-state index in [0.29, 0.717) is 19.6 Å². The standard InChI is InChI=1S/C8H18N2O2/c1-3-12-6-7(2)10-5-4-8(9)11/h7,10H,3-6H2,1-2H3,(H2,9,11). The molecule has 0 heterocycles. The van der Waals surface area contributed by atoms with Crippen molar-refractivity contribution in [2.24, 2.45) is 5.73 Å². The lowest BCUT2D eigenvalue weighted by atomic mass is 10.3. The summed E-state index contributed by atoms with van der Waals surface area (Å²) in [4.78, 5) is 10.3. The van der Waals surface area contributed by atoms with Crippen LogP contribution in [0.4, 0.5) is 0 Å². The van der Waals surface area contributed by atoms with Gasteiger partial charge in [-0.3, -0.25) is 4.79 Å². The van der Waals surface area contributed by atoms with E-state index in [1.165, 1.54) is 0 Å². The smallest absolute Gasteiger partial charge is 0.218 e. The van der Waals surface area contributed by atoms with Crippen molar-refractivity contribution in [1.82, 2.24) is 5.32 Å². The van der Waals surface area contributed by atoms with Crippen LogP contribution in [0, 0.1) is 0 Å². The van der Waals surface area contributed by atoms with Gasteiger partial charge in [0.2, 0.25) is 5.91 Å². The maximum Gasteiger partial charge on any atom is 0.218 e. The molecule has 0 aliphatic heterocycles. The fourth-order valence-corrected chi connectivity index (χ4v) is 0.795. The van der Waals surface area contributed by atoms with Crippen LogP contribution < -0.4 is 11.1 Å². The summed E-state index contributed by atoms with van der Waals surface area (Å²) in [5, 5.41) is 3.12. The molecular formula is C8H18N2O2. The van der Waals surface area contributed by atoms with Gasteiger partial charge in [-0.1, -0.05) is 0 Å². The predicted octanol–water partition coefficient (Wildman–Crippen LogP) is -0.124. The van der Waals surface area contributed by atoms with Crippen molar-refractivity contribution in [2.45, 2.75) is 26.3 Å². The Balaban J connectivity index is 3.19. The number of carbonyl (C=O) groups is 1. The zero-order valence-corrected chi connectivity index (χ0v) is 7.80. The van der Waals surface area contributed by atoms with E-state index in [1.807, 2.05) is 13.8 Å². The van der Waals surface area contributed by atoms with Gasteiger partial charge in [-0.25, -0.2) is 0 Å². The fourth-order valence-electron chi connectivity index (χ4n) is 0.795. The Bertz CT molecular complexity index is 128. The summed E-state index contributed by atoms with van der Waals surface area (Å²) in [5.74, 6) is -0.272. The molecule has 1 atom stereocenters. The third kappa shape index (κ3) is 7.50. The molecular weight excluding hydrogens is 156 g/mol. The first-order valence-electron chi connectivity index (χ1n) is 4.26. The second-order valence-electron chi connectivity index (χ2n) is 2.73. The van der Waals surface area contributed by atoms with Crippen molar-refractivity contribution in [3.05, 3.63) is 0 Å². The summed E-state index contributed by atoms with van der Waals surface area (Å²) in [6.07, 6.45) is 0.385. The van der Waals surface area contributed by atoms with E-state index in [-0.39, 0.29) is 11.9 Å². The molecule has 0 spiro atoms. The summed E-state index contributed by atoms with van der Waals surface area (Å²) >= 11 is 0. The molecule has 0 rings (SSSR count). The van der Waals surface area contributed by atoms with Crippen LogP contribution in [0.2, 0.25) is 0 Å². The molecule has 0 saturated heterocycles. The molecule has 4 heteroatoms. The Labute approximate surface area is 73.5 Å². The lowest BCUT2D eigenvalue weighted by Gasteiger charge is -2.12. The van der Waals surface area contributed by atoms with Gasteiger partial charge in [-0.15, -0.1) is 0 Å². The maximum absolute atomic E-state index is 10.3. The number of carbonyl (C=O) groups excluding carboxylic acids is 1. The Hall–Kier alpha value is -0.610. The lowest BCUT2D eigenvalue weighted by molar-refractivity contribution is -0.117. The third-order valence-electron chi connectivity index (χ3n) is 1.44. The Morgan fingerprint density at radius 3 is 2.83 bits per heavy atom.